The molecule has 49 heavy (non-hydrogen) atoms. The number of nitrogens with zero attached hydrogens (tertiary/aromatic N) is 1. The minimum Gasteiger partial charge on any atom is -0.276 e. The van der Waals surface area contributed by atoms with E-state index in [0.29, 0.717) is 16.5 Å². The van der Waals surface area contributed by atoms with E-state index >= 15 is 0 Å². The molecule has 8 aromatic rings. The molecule has 0 fully saturated rings. The topological polar surface area (TPSA) is 56.1 Å². The molecule has 1 spiro atoms. The van der Waals surface area contributed by atoms with Gasteiger partial charge in [-0.15, -0.1) is 0 Å². The number of hydrogen-bond acceptors (Lipinski definition) is 3. The smallest absolute Gasteiger partial charge is 0.263 e. The van der Waals surface area contributed by atoms with Gasteiger partial charge >= 0.3 is 0 Å². The first-order chi connectivity index (χ1) is 24.0. The first-order valence-corrected chi connectivity index (χ1v) is 17.8. The number of aromatic nitrogens is 1. The minimum atomic E-state index is -3.86. The largest absolute Gasteiger partial charge is 0.276 e. The third-order valence-electron chi connectivity index (χ3n) is 10.4. The fraction of sp³-hybridized carbons (Fsp3) is 0.0227. The third-order valence-corrected chi connectivity index (χ3v) is 12.3. The highest BCUT2D eigenvalue weighted by Gasteiger charge is 2.52. The summed E-state index contributed by atoms with van der Waals surface area (Å²) in [5, 5.41) is 2.43. The third kappa shape index (κ3) is 3.62. The summed E-state index contributed by atoms with van der Waals surface area (Å²) in [5.41, 5.74) is 7.48. The molecule has 0 N–H and O–H groups in total. The molecule has 5 heteroatoms. The van der Waals surface area contributed by atoms with Gasteiger partial charge in [0.1, 0.15) is 0 Å². The quantitative estimate of drug-likeness (QED) is 0.175. The molecular formula is C44H27NO3S. The lowest BCUT2D eigenvalue weighted by atomic mass is 9.62. The molecule has 0 atom stereocenters. The molecule has 2 aliphatic rings. The number of sulfone groups is 1. The Morgan fingerprint density at radius 3 is 1.61 bits per heavy atom. The van der Waals surface area contributed by atoms with Gasteiger partial charge in [-0.3, -0.25) is 9.36 Å². The van der Waals surface area contributed by atoms with Crippen molar-refractivity contribution < 1.29 is 8.42 Å². The van der Waals surface area contributed by atoms with Crippen LogP contribution < -0.4 is 5.56 Å². The van der Waals surface area contributed by atoms with Gasteiger partial charge in [0.05, 0.1) is 26.4 Å². The highest BCUT2D eigenvalue weighted by molar-refractivity contribution is 7.91. The molecule has 0 unspecified atom stereocenters. The van der Waals surface area contributed by atoms with Gasteiger partial charge in [0.15, 0.2) is 0 Å². The summed E-state index contributed by atoms with van der Waals surface area (Å²) in [6, 6.07) is 53.7. The van der Waals surface area contributed by atoms with Crippen LogP contribution in [0.25, 0.3) is 49.6 Å². The summed E-state index contributed by atoms with van der Waals surface area (Å²) < 4.78 is 30.8. The van der Waals surface area contributed by atoms with Gasteiger partial charge in [-0.2, -0.15) is 0 Å². The molecule has 4 nitrogen and oxygen atoms in total. The van der Waals surface area contributed by atoms with E-state index in [1.807, 2.05) is 95.6 Å². The van der Waals surface area contributed by atoms with Crippen LogP contribution in [-0.4, -0.2) is 13.0 Å². The first kappa shape index (κ1) is 28.0. The highest BCUT2D eigenvalue weighted by atomic mass is 32.2. The first-order valence-electron chi connectivity index (χ1n) is 16.3. The SMILES string of the molecule is O=c1c2ccccc2c2cc(-c3ccccc3)cc3c2n1-c1ccc(-c2ccccc2)cc1C31c2ccccc2S(=O)(=O)c2ccccc21. The average Bonchev–Trinajstić information content (AvgIpc) is 3.16. The Morgan fingerprint density at radius 2 is 0.959 bits per heavy atom. The average molecular weight is 650 g/mol. The second-order valence-electron chi connectivity index (χ2n) is 12.8. The van der Waals surface area contributed by atoms with E-state index in [1.54, 1.807) is 24.3 Å². The van der Waals surface area contributed by atoms with Crippen molar-refractivity contribution >= 4 is 31.5 Å². The second kappa shape index (κ2) is 9.99. The Balaban J connectivity index is 1.51. The maximum atomic E-state index is 14.8. The molecule has 3 heterocycles. The zero-order chi connectivity index (χ0) is 32.9. The van der Waals surface area contributed by atoms with Crippen molar-refractivity contribution in [3.05, 3.63) is 196 Å². The predicted octanol–water partition coefficient (Wildman–Crippen LogP) is 9.32. The van der Waals surface area contributed by atoms with E-state index in [4.69, 9.17) is 0 Å². The van der Waals surface area contributed by atoms with Crippen molar-refractivity contribution in [3.8, 4) is 27.9 Å². The van der Waals surface area contributed by atoms with Crippen molar-refractivity contribution in [1.82, 2.24) is 4.57 Å². The van der Waals surface area contributed by atoms with Gasteiger partial charge < -0.3 is 0 Å². The van der Waals surface area contributed by atoms with Gasteiger partial charge in [-0.1, -0.05) is 121 Å². The second-order valence-corrected chi connectivity index (χ2v) is 14.7. The molecule has 0 amide bonds. The van der Waals surface area contributed by atoms with Crippen LogP contribution in [0.5, 0.6) is 0 Å². The Labute approximate surface area is 283 Å². The van der Waals surface area contributed by atoms with Crippen molar-refractivity contribution in [2.75, 3.05) is 0 Å². The molecule has 10 rings (SSSR count). The zero-order valence-electron chi connectivity index (χ0n) is 26.2. The molecule has 0 saturated carbocycles. The predicted molar refractivity (Wildman–Crippen MR) is 195 cm³/mol. The lowest BCUT2D eigenvalue weighted by Crippen LogP contribution is -2.42. The van der Waals surface area contributed by atoms with Gasteiger partial charge in [-0.25, -0.2) is 8.42 Å². The van der Waals surface area contributed by atoms with Crippen LogP contribution in [0.1, 0.15) is 22.3 Å². The zero-order valence-corrected chi connectivity index (χ0v) is 27.0. The summed E-state index contributed by atoms with van der Waals surface area (Å²) >= 11 is 0. The lowest BCUT2D eigenvalue weighted by Gasteiger charge is -2.46. The van der Waals surface area contributed by atoms with Crippen LogP contribution in [-0.2, 0) is 15.3 Å². The molecule has 232 valence electrons. The van der Waals surface area contributed by atoms with Gasteiger partial charge in [-0.05, 0) is 92.4 Å². The van der Waals surface area contributed by atoms with Crippen LogP contribution in [0.3, 0.4) is 0 Å². The summed E-state index contributed by atoms with van der Waals surface area (Å²) in [6.07, 6.45) is 0. The molecule has 0 aliphatic carbocycles. The molecular weight excluding hydrogens is 623 g/mol. The number of pyridine rings is 1. The van der Waals surface area contributed by atoms with E-state index in [0.717, 1.165) is 55.4 Å². The van der Waals surface area contributed by atoms with Crippen LogP contribution in [0.2, 0.25) is 0 Å². The number of fused-ring (bicyclic) bond motifs is 10. The van der Waals surface area contributed by atoms with Gasteiger partial charge in [0, 0.05) is 10.8 Å². The maximum absolute atomic E-state index is 14.8. The van der Waals surface area contributed by atoms with Crippen LogP contribution >= 0.6 is 0 Å². The Morgan fingerprint density at radius 1 is 0.429 bits per heavy atom. The summed E-state index contributed by atoms with van der Waals surface area (Å²) in [5.74, 6) is 0. The van der Waals surface area contributed by atoms with E-state index in [9.17, 15) is 13.2 Å². The summed E-state index contributed by atoms with van der Waals surface area (Å²) in [4.78, 5) is 15.3. The van der Waals surface area contributed by atoms with Crippen molar-refractivity contribution in [2.45, 2.75) is 15.2 Å². The molecule has 7 aromatic carbocycles. The molecule has 0 bridgehead atoms. The molecule has 2 aliphatic heterocycles. The molecule has 0 saturated heterocycles. The van der Waals surface area contributed by atoms with E-state index in [1.165, 1.54) is 0 Å². The van der Waals surface area contributed by atoms with E-state index < -0.39 is 15.3 Å². The Bertz CT molecular complexity index is 2800. The van der Waals surface area contributed by atoms with Crippen LogP contribution in [0.15, 0.2) is 178 Å². The lowest BCUT2D eigenvalue weighted by molar-refractivity contribution is 0.577. The Hall–Kier alpha value is -6.04. The number of hydrogen-bond donors (Lipinski definition) is 0. The van der Waals surface area contributed by atoms with Crippen LogP contribution in [0, 0.1) is 0 Å². The van der Waals surface area contributed by atoms with Gasteiger partial charge in [0.2, 0.25) is 9.84 Å². The van der Waals surface area contributed by atoms with Crippen molar-refractivity contribution in [2.24, 2.45) is 0 Å². The fourth-order valence-electron chi connectivity index (χ4n) is 8.37. The van der Waals surface area contributed by atoms with Crippen molar-refractivity contribution in [3.63, 3.8) is 0 Å². The number of rotatable bonds is 2. The Kier molecular flexibility index (Phi) is 5.71. The standard InChI is InChI=1S/C44H27NO3S/c46-43-33-18-8-7-17-32(33)34-25-31(29-15-5-2-6-16-29)27-38-42(34)45(43)39-24-23-30(28-13-3-1-4-14-28)26-37(39)44(38)35-19-9-11-21-40(35)49(47,48)41-22-12-10-20-36(41)44/h1-27H. The van der Waals surface area contributed by atoms with Crippen molar-refractivity contribution in [1.29, 1.82) is 0 Å². The highest BCUT2D eigenvalue weighted by Crippen LogP contribution is 2.59. The van der Waals surface area contributed by atoms with Crippen LogP contribution in [0.4, 0.5) is 0 Å². The normalized spacial score (nSPS) is 14.7. The minimum absolute atomic E-state index is 0.106. The molecule has 0 radical (unpaired) electrons. The monoisotopic (exact) mass is 649 g/mol. The van der Waals surface area contributed by atoms with E-state index in [-0.39, 0.29) is 15.4 Å². The maximum Gasteiger partial charge on any atom is 0.263 e. The number of benzene rings is 7. The molecule has 1 aromatic heterocycles. The summed E-state index contributed by atoms with van der Waals surface area (Å²) in [7, 11) is -3.86. The fourth-order valence-corrected chi connectivity index (χ4v) is 10.1. The summed E-state index contributed by atoms with van der Waals surface area (Å²) in [6.45, 7) is 0. The van der Waals surface area contributed by atoms with Gasteiger partial charge in [0.25, 0.3) is 5.56 Å². The van der Waals surface area contributed by atoms with E-state index in [2.05, 4.69) is 48.5 Å².